The Morgan fingerprint density at radius 1 is 0.974 bits per heavy atom. The van der Waals surface area contributed by atoms with Crippen LogP contribution in [0.3, 0.4) is 0 Å². The first-order chi connectivity index (χ1) is 18.5. The van der Waals surface area contributed by atoms with Gasteiger partial charge in [-0.2, -0.15) is 4.31 Å². The van der Waals surface area contributed by atoms with E-state index < -0.39 is 10.0 Å². The van der Waals surface area contributed by atoms with Crippen LogP contribution in [0.1, 0.15) is 30.4 Å². The lowest BCUT2D eigenvalue weighted by Crippen LogP contribution is -2.35. The first-order valence-electron chi connectivity index (χ1n) is 13.1. The van der Waals surface area contributed by atoms with Gasteiger partial charge < -0.3 is 15.4 Å². The van der Waals surface area contributed by atoms with Gasteiger partial charge in [0.25, 0.3) is 0 Å². The molecular formula is C29H31N5O3S. The molecule has 0 amide bonds. The van der Waals surface area contributed by atoms with Gasteiger partial charge in [0.05, 0.1) is 23.2 Å². The minimum atomic E-state index is -3.51. The Morgan fingerprint density at radius 3 is 2.66 bits per heavy atom. The van der Waals surface area contributed by atoms with Gasteiger partial charge in [-0.25, -0.2) is 18.4 Å². The summed E-state index contributed by atoms with van der Waals surface area (Å²) in [7, 11) is -1.84. The summed E-state index contributed by atoms with van der Waals surface area (Å²) in [5.74, 6) is 1.23. The SMILES string of the molecule is COc1cc2c(cc1Nc1ncc3ccc(-c4cccc(S(=O)(=O)N5CCCCC5)c4)cc3n1)CNCC2. The molecule has 0 aliphatic carbocycles. The lowest BCUT2D eigenvalue weighted by atomic mass is 10.00. The fourth-order valence-corrected chi connectivity index (χ4v) is 6.81. The summed E-state index contributed by atoms with van der Waals surface area (Å²) in [5.41, 5.74) is 5.85. The first-order valence-corrected chi connectivity index (χ1v) is 14.5. The molecule has 196 valence electrons. The zero-order chi connectivity index (χ0) is 26.1. The van der Waals surface area contributed by atoms with Gasteiger partial charge in [0.1, 0.15) is 5.75 Å². The van der Waals surface area contributed by atoms with Crippen molar-refractivity contribution >= 4 is 32.6 Å². The highest BCUT2D eigenvalue weighted by atomic mass is 32.2. The molecule has 0 bridgehead atoms. The quantitative estimate of drug-likeness (QED) is 0.368. The number of rotatable bonds is 6. The van der Waals surface area contributed by atoms with E-state index in [1.54, 1.807) is 35.8 Å². The maximum atomic E-state index is 13.2. The highest BCUT2D eigenvalue weighted by molar-refractivity contribution is 7.89. The van der Waals surface area contributed by atoms with Gasteiger partial charge in [-0.05, 0) is 78.4 Å². The molecule has 2 aliphatic rings. The normalized spacial score (nSPS) is 16.2. The minimum Gasteiger partial charge on any atom is -0.495 e. The summed E-state index contributed by atoms with van der Waals surface area (Å²) in [6.07, 6.45) is 5.67. The zero-order valence-electron chi connectivity index (χ0n) is 21.4. The molecular weight excluding hydrogens is 498 g/mol. The smallest absolute Gasteiger partial charge is 0.243 e. The molecule has 6 rings (SSSR count). The number of nitrogens with one attached hydrogen (secondary N) is 2. The summed E-state index contributed by atoms with van der Waals surface area (Å²) in [6, 6.07) is 17.3. The lowest BCUT2D eigenvalue weighted by Gasteiger charge is -2.26. The highest BCUT2D eigenvalue weighted by Gasteiger charge is 2.26. The van der Waals surface area contributed by atoms with Gasteiger partial charge in [-0.1, -0.05) is 30.7 Å². The fraction of sp³-hybridized carbons (Fsp3) is 0.310. The third kappa shape index (κ3) is 4.84. The first kappa shape index (κ1) is 24.8. The van der Waals surface area contributed by atoms with E-state index in [1.807, 2.05) is 24.3 Å². The van der Waals surface area contributed by atoms with Crippen LogP contribution in [0.25, 0.3) is 22.0 Å². The van der Waals surface area contributed by atoms with Crippen molar-refractivity contribution in [3.8, 4) is 16.9 Å². The topological polar surface area (TPSA) is 96.4 Å². The molecule has 0 atom stereocenters. The Labute approximate surface area is 223 Å². The van der Waals surface area contributed by atoms with E-state index in [9.17, 15) is 8.42 Å². The number of methoxy groups -OCH3 is 1. The van der Waals surface area contributed by atoms with Crippen molar-refractivity contribution in [3.63, 3.8) is 0 Å². The van der Waals surface area contributed by atoms with Gasteiger partial charge in [-0.3, -0.25) is 0 Å². The second-order valence-electron chi connectivity index (χ2n) is 9.83. The Bertz CT molecular complexity index is 1600. The van der Waals surface area contributed by atoms with E-state index in [1.165, 1.54) is 11.1 Å². The summed E-state index contributed by atoms with van der Waals surface area (Å²) in [6.45, 7) is 2.95. The number of nitrogens with zero attached hydrogens (tertiary/aromatic N) is 3. The molecule has 3 heterocycles. The third-order valence-corrected chi connectivity index (χ3v) is 9.25. The van der Waals surface area contributed by atoms with Gasteiger partial charge in [0.2, 0.25) is 16.0 Å². The average Bonchev–Trinajstić information content (AvgIpc) is 2.97. The summed E-state index contributed by atoms with van der Waals surface area (Å²) in [5, 5.41) is 7.64. The number of ether oxygens (including phenoxy) is 1. The van der Waals surface area contributed by atoms with E-state index in [2.05, 4.69) is 27.8 Å². The number of hydrogen-bond acceptors (Lipinski definition) is 7. The van der Waals surface area contributed by atoms with Crippen LogP contribution in [-0.2, 0) is 23.0 Å². The van der Waals surface area contributed by atoms with Crippen LogP contribution in [0.15, 0.2) is 65.7 Å². The predicted molar refractivity (Wildman–Crippen MR) is 149 cm³/mol. The van der Waals surface area contributed by atoms with Gasteiger partial charge in [0, 0.05) is 31.2 Å². The lowest BCUT2D eigenvalue weighted by molar-refractivity contribution is 0.346. The van der Waals surface area contributed by atoms with Crippen LogP contribution < -0.4 is 15.4 Å². The molecule has 1 fully saturated rings. The van der Waals surface area contributed by atoms with E-state index >= 15 is 0 Å². The Morgan fingerprint density at radius 2 is 1.82 bits per heavy atom. The van der Waals surface area contributed by atoms with E-state index in [4.69, 9.17) is 9.72 Å². The largest absolute Gasteiger partial charge is 0.495 e. The highest BCUT2D eigenvalue weighted by Crippen LogP contribution is 2.33. The molecule has 0 unspecified atom stereocenters. The van der Waals surface area contributed by atoms with Crippen molar-refractivity contribution in [2.24, 2.45) is 0 Å². The molecule has 4 aromatic rings. The molecule has 0 radical (unpaired) electrons. The molecule has 1 saturated heterocycles. The van der Waals surface area contributed by atoms with Crippen molar-refractivity contribution in [3.05, 3.63) is 71.9 Å². The number of sulfonamides is 1. The van der Waals surface area contributed by atoms with Crippen LogP contribution in [0.4, 0.5) is 11.6 Å². The van der Waals surface area contributed by atoms with E-state index in [-0.39, 0.29) is 0 Å². The number of hydrogen-bond donors (Lipinski definition) is 2. The van der Waals surface area contributed by atoms with Crippen molar-refractivity contribution in [2.45, 2.75) is 37.1 Å². The fourth-order valence-electron chi connectivity index (χ4n) is 5.25. The van der Waals surface area contributed by atoms with Crippen LogP contribution in [0, 0.1) is 0 Å². The molecule has 38 heavy (non-hydrogen) atoms. The molecule has 1 aromatic heterocycles. The van der Waals surface area contributed by atoms with Crippen LogP contribution in [-0.4, -0.2) is 49.4 Å². The maximum Gasteiger partial charge on any atom is 0.243 e. The van der Waals surface area contributed by atoms with Crippen molar-refractivity contribution in [1.29, 1.82) is 0 Å². The third-order valence-electron chi connectivity index (χ3n) is 7.36. The van der Waals surface area contributed by atoms with E-state index in [0.717, 1.165) is 72.2 Å². The monoisotopic (exact) mass is 529 g/mol. The van der Waals surface area contributed by atoms with Crippen LogP contribution in [0.2, 0.25) is 0 Å². The standard InChI is InChI=1S/C29H31N5O3S/c1-37-28-17-22-10-11-30-18-24(22)16-27(28)33-29-31-19-23-9-8-21(15-26(23)32-29)20-6-5-7-25(14-20)38(35,36)34-12-3-2-4-13-34/h5-9,14-17,19,30H,2-4,10-13,18H2,1H3,(H,31,32,33). The molecule has 0 saturated carbocycles. The minimum absolute atomic E-state index is 0.330. The predicted octanol–water partition coefficient (Wildman–Crippen LogP) is 4.87. The van der Waals surface area contributed by atoms with Crippen molar-refractivity contribution < 1.29 is 13.2 Å². The van der Waals surface area contributed by atoms with Crippen LogP contribution in [0.5, 0.6) is 5.75 Å². The van der Waals surface area contributed by atoms with E-state index in [0.29, 0.717) is 23.9 Å². The van der Waals surface area contributed by atoms with Crippen LogP contribution >= 0.6 is 0 Å². The van der Waals surface area contributed by atoms with Gasteiger partial charge >= 0.3 is 0 Å². The molecule has 2 N–H and O–H groups in total. The average molecular weight is 530 g/mol. The Balaban J connectivity index is 1.31. The Hall–Kier alpha value is -3.53. The maximum absolute atomic E-state index is 13.2. The molecule has 3 aromatic carbocycles. The summed E-state index contributed by atoms with van der Waals surface area (Å²) in [4.78, 5) is 9.61. The summed E-state index contributed by atoms with van der Waals surface area (Å²) < 4.78 is 33.7. The van der Waals surface area contributed by atoms with Gasteiger partial charge in [-0.15, -0.1) is 0 Å². The molecule has 8 nitrogen and oxygen atoms in total. The number of piperidine rings is 1. The molecule has 9 heteroatoms. The van der Waals surface area contributed by atoms with Crippen molar-refractivity contribution in [1.82, 2.24) is 19.6 Å². The van der Waals surface area contributed by atoms with Gasteiger partial charge in [0.15, 0.2) is 0 Å². The Kier molecular flexibility index (Phi) is 6.73. The molecule has 0 spiro atoms. The second kappa shape index (κ2) is 10.3. The number of benzene rings is 3. The number of anilines is 2. The van der Waals surface area contributed by atoms with Crippen molar-refractivity contribution in [2.75, 3.05) is 32.1 Å². The zero-order valence-corrected chi connectivity index (χ0v) is 22.2. The molecule has 2 aliphatic heterocycles. The summed E-state index contributed by atoms with van der Waals surface area (Å²) >= 11 is 0. The second-order valence-corrected chi connectivity index (χ2v) is 11.8. The number of aromatic nitrogens is 2. The number of fused-ring (bicyclic) bond motifs is 2.